The van der Waals surface area contributed by atoms with E-state index in [2.05, 4.69) is 24.5 Å². The molecular formula is C21H32N4O4. The van der Waals surface area contributed by atoms with Gasteiger partial charge in [0.2, 0.25) is 11.8 Å². The zero-order valence-corrected chi connectivity index (χ0v) is 17.2. The zero-order chi connectivity index (χ0) is 21.2. The van der Waals surface area contributed by atoms with Crippen LogP contribution in [-0.2, 0) is 20.9 Å². The van der Waals surface area contributed by atoms with Crippen LogP contribution in [0.15, 0.2) is 30.3 Å². The Morgan fingerprint density at radius 1 is 1.24 bits per heavy atom. The Morgan fingerprint density at radius 3 is 2.62 bits per heavy atom. The molecule has 0 radical (unpaired) electrons. The maximum atomic E-state index is 12.8. The Hall–Kier alpha value is -2.61. The van der Waals surface area contributed by atoms with Crippen LogP contribution >= 0.6 is 0 Å². The molecule has 0 spiro atoms. The third kappa shape index (κ3) is 7.73. The number of benzene rings is 1. The highest BCUT2D eigenvalue weighted by Gasteiger charge is 2.35. The molecule has 2 atom stereocenters. The van der Waals surface area contributed by atoms with Crippen LogP contribution in [0.3, 0.4) is 0 Å². The number of hydrogen-bond donors (Lipinski definition) is 3. The quantitative estimate of drug-likeness (QED) is 0.545. The van der Waals surface area contributed by atoms with E-state index < -0.39 is 18.0 Å². The van der Waals surface area contributed by atoms with E-state index in [1.807, 2.05) is 30.3 Å². The maximum absolute atomic E-state index is 12.8. The van der Waals surface area contributed by atoms with E-state index in [1.54, 1.807) is 0 Å². The first kappa shape index (κ1) is 22.7. The molecule has 160 valence electrons. The second-order valence-electron chi connectivity index (χ2n) is 7.82. The molecule has 8 heteroatoms. The molecule has 29 heavy (non-hydrogen) atoms. The first-order valence-electron chi connectivity index (χ1n) is 10.1. The number of nitrogens with one attached hydrogen (secondary N) is 2. The number of amides is 3. The number of ether oxygens (including phenoxy) is 1. The third-order valence-corrected chi connectivity index (χ3v) is 4.79. The third-order valence-electron chi connectivity index (χ3n) is 4.79. The van der Waals surface area contributed by atoms with Gasteiger partial charge >= 0.3 is 6.09 Å². The van der Waals surface area contributed by atoms with E-state index in [1.165, 1.54) is 4.90 Å². The largest absolute Gasteiger partial charge is 0.445 e. The van der Waals surface area contributed by atoms with Crippen molar-refractivity contribution in [3.8, 4) is 0 Å². The second-order valence-corrected chi connectivity index (χ2v) is 7.82. The van der Waals surface area contributed by atoms with Gasteiger partial charge in [-0.1, -0.05) is 44.2 Å². The molecule has 4 N–H and O–H groups in total. The van der Waals surface area contributed by atoms with Gasteiger partial charge in [-0.25, -0.2) is 4.79 Å². The number of carbonyl (C=O) groups excluding carboxylic acids is 3. The van der Waals surface area contributed by atoms with Gasteiger partial charge in [-0.3, -0.25) is 14.5 Å². The normalized spacial score (nSPS) is 17.2. The fourth-order valence-electron chi connectivity index (χ4n) is 3.49. The molecule has 0 aliphatic carbocycles. The summed E-state index contributed by atoms with van der Waals surface area (Å²) in [5, 5.41) is 5.98. The van der Waals surface area contributed by atoms with Gasteiger partial charge in [-0.2, -0.15) is 0 Å². The molecule has 0 saturated carbocycles. The number of likely N-dealkylation sites (tertiary alicyclic amines) is 1. The van der Waals surface area contributed by atoms with E-state index in [-0.39, 0.29) is 25.1 Å². The van der Waals surface area contributed by atoms with Gasteiger partial charge in [-0.15, -0.1) is 0 Å². The molecular weight excluding hydrogens is 372 g/mol. The van der Waals surface area contributed by atoms with Crippen LogP contribution in [0.2, 0.25) is 0 Å². The summed E-state index contributed by atoms with van der Waals surface area (Å²) in [6.07, 6.45) is 1.64. The van der Waals surface area contributed by atoms with Gasteiger partial charge in [-0.05, 0) is 30.7 Å². The number of nitrogens with two attached hydrogens (primary N) is 1. The summed E-state index contributed by atoms with van der Waals surface area (Å²) in [7, 11) is 0. The molecule has 3 amide bonds. The zero-order valence-electron chi connectivity index (χ0n) is 17.2. The summed E-state index contributed by atoms with van der Waals surface area (Å²) in [5.74, 6) is -0.264. The Balaban J connectivity index is 1.90. The van der Waals surface area contributed by atoms with Crippen LogP contribution in [-0.4, -0.2) is 54.5 Å². The number of nitrogens with zero attached hydrogens (tertiary/aromatic N) is 1. The van der Waals surface area contributed by atoms with E-state index in [9.17, 15) is 14.4 Å². The highest BCUT2D eigenvalue weighted by molar-refractivity contribution is 5.86. The highest BCUT2D eigenvalue weighted by Crippen LogP contribution is 2.19. The summed E-state index contributed by atoms with van der Waals surface area (Å²) >= 11 is 0. The molecule has 1 fully saturated rings. The summed E-state index contributed by atoms with van der Waals surface area (Å²) in [6, 6.07) is 8.76. The van der Waals surface area contributed by atoms with Crippen molar-refractivity contribution in [3.63, 3.8) is 0 Å². The predicted octanol–water partition coefficient (Wildman–Crippen LogP) is 1.39. The number of rotatable bonds is 10. The smallest absolute Gasteiger partial charge is 0.410 e. The number of primary amides is 1. The summed E-state index contributed by atoms with van der Waals surface area (Å²) in [5.41, 5.74) is 6.06. The highest BCUT2D eigenvalue weighted by atomic mass is 16.6. The Bertz CT molecular complexity index is 681. The monoisotopic (exact) mass is 404 g/mol. The van der Waals surface area contributed by atoms with Gasteiger partial charge in [0.25, 0.3) is 0 Å². The minimum absolute atomic E-state index is 0.0613. The predicted molar refractivity (Wildman–Crippen MR) is 110 cm³/mol. The fraction of sp³-hybridized carbons (Fsp3) is 0.571. The van der Waals surface area contributed by atoms with Gasteiger partial charge in [0.15, 0.2) is 0 Å². The van der Waals surface area contributed by atoms with Gasteiger partial charge in [0, 0.05) is 19.1 Å². The molecule has 0 aromatic heterocycles. The lowest BCUT2D eigenvalue weighted by Gasteiger charge is -2.27. The lowest BCUT2D eigenvalue weighted by molar-refractivity contribution is -0.126. The van der Waals surface area contributed by atoms with E-state index in [0.29, 0.717) is 25.4 Å². The first-order chi connectivity index (χ1) is 13.9. The minimum Gasteiger partial charge on any atom is -0.445 e. The second kappa shape index (κ2) is 11.4. The van der Waals surface area contributed by atoms with Crippen molar-refractivity contribution in [3.05, 3.63) is 35.9 Å². The molecule has 0 bridgehead atoms. The van der Waals surface area contributed by atoms with E-state index in [0.717, 1.165) is 18.4 Å². The van der Waals surface area contributed by atoms with Crippen molar-refractivity contribution in [1.82, 2.24) is 15.5 Å². The molecule has 1 aliphatic heterocycles. The van der Waals surface area contributed by atoms with Crippen molar-refractivity contribution < 1.29 is 19.1 Å². The summed E-state index contributed by atoms with van der Waals surface area (Å²) in [4.78, 5) is 37.8. The van der Waals surface area contributed by atoms with Gasteiger partial charge < -0.3 is 21.1 Å². The topological polar surface area (TPSA) is 114 Å². The Morgan fingerprint density at radius 2 is 1.97 bits per heavy atom. The average Bonchev–Trinajstić information content (AvgIpc) is 3.16. The number of carbonyl (C=O) groups is 3. The molecule has 1 aromatic rings. The maximum Gasteiger partial charge on any atom is 0.410 e. The average molecular weight is 405 g/mol. The van der Waals surface area contributed by atoms with Crippen molar-refractivity contribution in [2.45, 2.75) is 51.8 Å². The van der Waals surface area contributed by atoms with Crippen LogP contribution in [0.4, 0.5) is 4.79 Å². The van der Waals surface area contributed by atoms with Crippen LogP contribution in [0.5, 0.6) is 0 Å². The van der Waals surface area contributed by atoms with Crippen molar-refractivity contribution in [2.75, 3.05) is 19.6 Å². The van der Waals surface area contributed by atoms with Crippen molar-refractivity contribution in [2.24, 2.45) is 11.7 Å². The Kier molecular flexibility index (Phi) is 8.92. The lowest BCUT2D eigenvalue weighted by atomic mass is 10.0. The lowest BCUT2D eigenvalue weighted by Crippen LogP contribution is -2.51. The van der Waals surface area contributed by atoms with E-state index >= 15 is 0 Å². The van der Waals surface area contributed by atoms with Gasteiger partial charge in [0.05, 0.1) is 6.54 Å². The summed E-state index contributed by atoms with van der Waals surface area (Å²) in [6.45, 7) is 5.31. The molecule has 8 nitrogen and oxygen atoms in total. The minimum atomic E-state index is -0.538. The summed E-state index contributed by atoms with van der Waals surface area (Å²) < 4.78 is 5.40. The fourth-order valence-corrected chi connectivity index (χ4v) is 3.49. The SMILES string of the molecule is CC(C)C[C@@H](CNCC(N)=O)NC(=O)[C@H]1CCCN1C(=O)OCc1ccccc1. The molecule has 1 aliphatic rings. The van der Waals surface area contributed by atoms with Crippen molar-refractivity contribution in [1.29, 1.82) is 0 Å². The van der Waals surface area contributed by atoms with Gasteiger partial charge in [0.1, 0.15) is 12.6 Å². The molecule has 1 heterocycles. The first-order valence-corrected chi connectivity index (χ1v) is 10.1. The molecule has 0 unspecified atom stereocenters. The van der Waals surface area contributed by atoms with Crippen LogP contribution in [0, 0.1) is 5.92 Å². The van der Waals surface area contributed by atoms with Crippen LogP contribution in [0.1, 0.15) is 38.7 Å². The van der Waals surface area contributed by atoms with Crippen LogP contribution < -0.4 is 16.4 Å². The molecule has 1 aromatic carbocycles. The Labute approximate surface area is 172 Å². The molecule has 1 saturated heterocycles. The van der Waals surface area contributed by atoms with Crippen molar-refractivity contribution >= 4 is 17.9 Å². The van der Waals surface area contributed by atoms with E-state index in [4.69, 9.17) is 10.5 Å². The van der Waals surface area contributed by atoms with Crippen LogP contribution in [0.25, 0.3) is 0 Å². The number of hydrogen-bond acceptors (Lipinski definition) is 5. The molecule has 2 rings (SSSR count). The standard InChI is InChI=1S/C21H32N4O4/c1-15(2)11-17(12-23-13-19(22)26)24-20(27)18-9-6-10-25(18)21(28)29-14-16-7-4-3-5-8-16/h3-5,7-8,15,17-18,23H,6,9-14H2,1-2H3,(H2,22,26)(H,24,27)/t17-,18+/m0/s1.